The Kier molecular flexibility index (Phi) is 9.21. The van der Waals surface area contributed by atoms with Crippen molar-refractivity contribution in [2.45, 2.75) is 59.6 Å². The molecule has 0 bridgehead atoms. The molecule has 0 heterocycles. The zero-order valence-electron chi connectivity index (χ0n) is 13.4. The van der Waals surface area contributed by atoms with Gasteiger partial charge < -0.3 is 9.47 Å². The molecule has 0 saturated heterocycles. The lowest BCUT2D eigenvalue weighted by Crippen LogP contribution is -2.38. The molecule has 7 nitrogen and oxygen atoms in total. The van der Waals surface area contributed by atoms with Crippen molar-refractivity contribution in [1.29, 1.82) is 0 Å². The van der Waals surface area contributed by atoms with E-state index in [9.17, 15) is 9.59 Å². The Balaban J connectivity index is 5.03. The third kappa shape index (κ3) is 7.56. The third-order valence-corrected chi connectivity index (χ3v) is 3.32. The van der Waals surface area contributed by atoms with Crippen LogP contribution in [0.5, 0.6) is 0 Å². The number of rotatable bonds is 9. The first-order chi connectivity index (χ1) is 9.83. The van der Waals surface area contributed by atoms with Gasteiger partial charge in [0.1, 0.15) is 6.10 Å². The molecule has 0 aromatic carbocycles. The molecule has 120 valence electrons. The highest BCUT2D eigenvalue weighted by Gasteiger charge is 2.32. The van der Waals surface area contributed by atoms with Gasteiger partial charge in [0.25, 0.3) is 0 Å². The molecule has 0 aliphatic heterocycles. The van der Waals surface area contributed by atoms with Crippen molar-refractivity contribution in [3.63, 3.8) is 0 Å². The second-order valence-electron chi connectivity index (χ2n) is 5.27. The van der Waals surface area contributed by atoms with Gasteiger partial charge in [-0.25, -0.2) is 0 Å². The second kappa shape index (κ2) is 10.0. The molecule has 7 heteroatoms. The number of hydrogen-bond acceptors (Lipinski definition) is 5. The van der Waals surface area contributed by atoms with Crippen LogP contribution in [0, 0.1) is 11.8 Å². The lowest BCUT2D eigenvalue weighted by Gasteiger charge is -2.32. The average Bonchev–Trinajstić information content (AvgIpc) is 2.41. The quantitative estimate of drug-likeness (QED) is 0.282. The molecule has 0 unspecified atom stereocenters. The van der Waals surface area contributed by atoms with E-state index in [1.54, 1.807) is 0 Å². The summed E-state index contributed by atoms with van der Waals surface area (Å²) >= 11 is 0. The summed E-state index contributed by atoms with van der Waals surface area (Å²) in [6.45, 7) is 8.54. The van der Waals surface area contributed by atoms with Crippen molar-refractivity contribution >= 4 is 11.9 Å². The first-order valence-electron chi connectivity index (χ1n) is 7.18. The van der Waals surface area contributed by atoms with E-state index in [2.05, 4.69) is 10.0 Å². The van der Waals surface area contributed by atoms with Gasteiger partial charge in [0.15, 0.2) is 0 Å². The summed E-state index contributed by atoms with van der Waals surface area (Å²) in [7, 11) is 0. The molecule has 0 spiro atoms. The van der Waals surface area contributed by atoms with Crippen LogP contribution in [0.1, 0.15) is 47.5 Å². The van der Waals surface area contributed by atoms with E-state index >= 15 is 0 Å². The molecule has 0 saturated carbocycles. The van der Waals surface area contributed by atoms with Crippen molar-refractivity contribution in [1.82, 2.24) is 0 Å². The predicted octanol–water partition coefficient (Wildman–Crippen LogP) is 3.23. The van der Waals surface area contributed by atoms with Crippen LogP contribution in [0.4, 0.5) is 0 Å². The van der Waals surface area contributed by atoms with Crippen molar-refractivity contribution in [2.24, 2.45) is 17.0 Å². The highest BCUT2D eigenvalue weighted by Crippen LogP contribution is 2.25. The van der Waals surface area contributed by atoms with Gasteiger partial charge in [0.2, 0.25) is 0 Å². The minimum Gasteiger partial charge on any atom is -0.465 e. The van der Waals surface area contributed by atoms with E-state index in [-0.39, 0.29) is 30.5 Å². The highest BCUT2D eigenvalue weighted by molar-refractivity contribution is 5.66. The normalized spacial score (nSPS) is 16.0. The summed E-state index contributed by atoms with van der Waals surface area (Å²) in [5.74, 6) is -1.12. The highest BCUT2D eigenvalue weighted by atomic mass is 16.6. The molecular formula is C14H25N3O4. The Morgan fingerprint density at radius 2 is 1.86 bits per heavy atom. The molecule has 0 aliphatic carbocycles. The Hall–Kier alpha value is -1.75. The minimum absolute atomic E-state index is 0.157. The van der Waals surface area contributed by atoms with Crippen molar-refractivity contribution in [3.8, 4) is 0 Å². The van der Waals surface area contributed by atoms with E-state index in [4.69, 9.17) is 15.0 Å². The Bertz CT molecular complexity index is 394. The molecule has 0 rings (SSSR count). The Morgan fingerprint density at radius 3 is 2.29 bits per heavy atom. The number of azide groups is 1. The number of hydrogen-bond donors (Lipinski definition) is 0. The third-order valence-electron chi connectivity index (χ3n) is 3.32. The monoisotopic (exact) mass is 299 g/mol. The summed E-state index contributed by atoms with van der Waals surface area (Å²) in [5, 5.41) is 3.80. The van der Waals surface area contributed by atoms with Crippen LogP contribution in [0.3, 0.4) is 0 Å². The molecule has 0 N–H and O–H groups in total. The maximum absolute atomic E-state index is 11.3. The number of ether oxygens (including phenoxy) is 2. The van der Waals surface area contributed by atoms with Gasteiger partial charge >= 0.3 is 11.9 Å². The van der Waals surface area contributed by atoms with E-state index < -0.39 is 12.1 Å². The fourth-order valence-corrected chi connectivity index (χ4v) is 2.28. The first kappa shape index (κ1) is 19.2. The van der Waals surface area contributed by atoms with Gasteiger partial charge in [-0.3, -0.25) is 9.59 Å². The van der Waals surface area contributed by atoms with Crippen LogP contribution in [0.25, 0.3) is 10.4 Å². The van der Waals surface area contributed by atoms with Crippen molar-refractivity contribution in [3.05, 3.63) is 10.4 Å². The first-order valence-corrected chi connectivity index (χ1v) is 7.18. The SMILES string of the molecule is CCC[C@H](N=[N+]=[N-])[C@H](C)[C@H](OC(C)=O)[C@H](C)COC(C)=O. The predicted molar refractivity (Wildman–Crippen MR) is 78.4 cm³/mol. The summed E-state index contributed by atoms with van der Waals surface area (Å²) in [4.78, 5) is 25.1. The van der Waals surface area contributed by atoms with Crippen LogP contribution in [0.15, 0.2) is 5.11 Å². The minimum atomic E-state index is -0.469. The molecule has 0 aromatic rings. The van der Waals surface area contributed by atoms with Crippen LogP contribution < -0.4 is 0 Å². The molecule has 0 radical (unpaired) electrons. The zero-order chi connectivity index (χ0) is 16.4. The van der Waals surface area contributed by atoms with E-state index in [1.165, 1.54) is 13.8 Å². The second-order valence-corrected chi connectivity index (χ2v) is 5.27. The topological polar surface area (TPSA) is 101 Å². The number of nitrogens with zero attached hydrogens (tertiary/aromatic N) is 3. The standard InChI is InChI=1S/C14H25N3O4/c1-6-7-13(16-17-15)10(3)14(21-12(5)19)9(2)8-20-11(4)18/h9-10,13-14H,6-8H2,1-5H3/t9-,10+,13+,14-/m1/s1. The molecule has 4 atom stereocenters. The lowest BCUT2D eigenvalue weighted by molar-refractivity contribution is -0.156. The average molecular weight is 299 g/mol. The van der Waals surface area contributed by atoms with Crippen LogP contribution >= 0.6 is 0 Å². The van der Waals surface area contributed by atoms with E-state index in [0.29, 0.717) is 6.42 Å². The molecule has 0 fully saturated rings. The van der Waals surface area contributed by atoms with Gasteiger partial charge in [0.05, 0.1) is 6.61 Å². The Labute approximate surface area is 125 Å². The fourth-order valence-electron chi connectivity index (χ4n) is 2.28. The molecule has 21 heavy (non-hydrogen) atoms. The van der Waals surface area contributed by atoms with E-state index in [1.807, 2.05) is 20.8 Å². The smallest absolute Gasteiger partial charge is 0.302 e. The van der Waals surface area contributed by atoms with Crippen LogP contribution in [-0.4, -0.2) is 30.7 Å². The van der Waals surface area contributed by atoms with Gasteiger partial charge in [0, 0.05) is 36.6 Å². The number of carbonyl (C=O) groups is 2. The van der Waals surface area contributed by atoms with Crippen LogP contribution in [-0.2, 0) is 19.1 Å². The maximum Gasteiger partial charge on any atom is 0.302 e. The molecule has 0 amide bonds. The van der Waals surface area contributed by atoms with Gasteiger partial charge in [-0.15, -0.1) is 0 Å². The summed E-state index contributed by atoms with van der Waals surface area (Å²) < 4.78 is 10.3. The van der Waals surface area contributed by atoms with Gasteiger partial charge in [-0.2, -0.15) is 0 Å². The number of esters is 2. The molecular weight excluding hydrogens is 274 g/mol. The Morgan fingerprint density at radius 1 is 1.24 bits per heavy atom. The van der Waals surface area contributed by atoms with E-state index in [0.717, 1.165) is 6.42 Å². The summed E-state index contributed by atoms with van der Waals surface area (Å²) in [5.41, 5.74) is 8.67. The fraction of sp³-hybridized carbons (Fsp3) is 0.857. The maximum atomic E-state index is 11.3. The molecule has 0 aromatic heterocycles. The van der Waals surface area contributed by atoms with Gasteiger partial charge in [-0.05, 0) is 12.0 Å². The summed E-state index contributed by atoms with van der Waals surface area (Å²) in [6, 6.07) is -0.260. The van der Waals surface area contributed by atoms with Crippen molar-refractivity contribution < 1.29 is 19.1 Å². The number of carbonyl (C=O) groups excluding carboxylic acids is 2. The summed E-state index contributed by atoms with van der Waals surface area (Å²) in [6.07, 6.45) is 1.10. The van der Waals surface area contributed by atoms with Gasteiger partial charge in [-0.1, -0.05) is 32.3 Å². The van der Waals surface area contributed by atoms with Crippen molar-refractivity contribution in [2.75, 3.05) is 6.61 Å². The zero-order valence-corrected chi connectivity index (χ0v) is 13.4. The largest absolute Gasteiger partial charge is 0.465 e. The van der Waals surface area contributed by atoms with Crippen LogP contribution in [0.2, 0.25) is 0 Å². The lowest BCUT2D eigenvalue weighted by atomic mass is 9.86. The molecule has 0 aliphatic rings.